The number of ether oxygens (including phenoxy) is 2. The first-order valence-corrected chi connectivity index (χ1v) is 8.17. The Kier molecular flexibility index (Phi) is 6.83. The highest BCUT2D eigenvalue weighted by atomic mass is 16.5. The minimum absolute atomic E-state index is 0.318. The Labute approximate surface area is 147 Å². The molecular formula is C19H22N2O4. The van der Waals surface area contributed by atoms with Gasteiger partial charge in [0.2, 0.25) is 0 Å². The van der Waals surface area contributed by atoms with Crippen LogP contribution in [0.3, 0.4) is 0 Å². The zero-order valence-corrected chi connectivity index (χ0v) is 14.4. The molecule has 0 atom stereocenters. The molecule has 0 saturated heterocycles. The Bertz CT molecular complexity index is 669. The van der Waals surface area contributed by atoms with Gasteiger partial charge in [-0.1, -0.05) is 24.3 Å². The molecule has 0 aliphatic heterocycles. The molecule has 0 unspecified atom stereocenters. The van der Waals surface area contributed by atoms with E-state index in [-0.39, 0.29) is 11.9 Å². The first-order chi connectivity index (χ1) is 12.2. The molecule has 0 saturated carbocycles. The highest BCUT2D eigenvalue weighted by molar-refractivity contribution is 5.96. The number of hydrogen-bond acceptors (Lipinski definition) is 6. The third-order valence-corrected chi connectivity index (χ3v) is 3.40. The molecule has 0 bridgehead atoms. The first-order valence-electron chi connectivity index (χ1n) is 8.17. The number of carbonyl (C=O) groups excluding carboxylic acids is 2. The maximum atomic E-state index is 12.0. The average molecular weight is 342 g/mol. The number of benzene rings is 2. The number of anilines is 2. The second kappa shape index (κ2) is 9.32. The van der Waals surface area contributed by atoms with Gasteiger partial charge in [0, 0.05) is 0 Å². The maximum absolute atomic E-state index is 12.0. The summed E-state index contributed by atoms with van der Waals surface area (Å²) in [6.07, 6.45) is 0. The van der Waals surface area contributed by atoms with Gasteiger partial charge < -0.3 is 20.1 Å². The summed E-state index contributed by atoms with van der Waals surface area (Å²) < 4.78 is 10.1. The summed E-state index contributed by atoms with van der Waals surface area (Å²) in [5.74, 6) is -0.755. The predicted octanol–water partition coefficient (Wildman–Crippen LogP) is 3.52. The standard InChI is InChI=1S/C19H22N2O4/c1-3-24-18(22)14-9-5-7-11-16(14)20-13-21-17-12-8-6-10-15(17)19(23)25-4-2/h5-12,20-21H,3-4,13H2,1-2H3. The lowest BCUT2D eigenvalue weighted by Gasteiger charge is -2.14. The van der Waals surface area contributed by atoms with Gasteiger partial charge in [0.15, 0.2) is 0 Å². The van der Waals surface area contributed by atoms with Crippen LogP contribution in [0.1, 0.15) is 34.6 Å². The van der Waals surface area contributed by atoms with Crippen molar-refractivity contribution in [1.29, 1.82) is 0 Å². The number of carbonyl (C=O) groups is 2. The van der Waals surface area contributed by atoms with Crippen molar-refractivity contribution in [1.82, 2.24) is 0 Å². The van der Waals surface area contributed by atoms with Crippen molar-refractivity contribution in [2.24, 2.45) is 0 Å². The molecule has 6 nitrogen and oxygen atoms in total. The van der Waals surface area contributed by atoms with Crippen molar-refractivity contribution in [3.05, 3.63) is 59.7 Å². The first kappa shape index (κ1) is 18.3. The van der Waals surface area contributed by atoms with Crippen LogP contribution in [0.4, 0.5) is 11.4 Å². The Morgan fingerprint density at radius 2 is 1.16 bits per heavy atom. The minimum Gasteiger partial charge on any atom is -0.462 e. The number of esters is 2. The summed E-state index contributed by atoms with van der Waals surface area (Å²) in [7, 11) is 0. The Hall–Kier alpha value is -3.02. The van der Waals surface area contributed by atoms with E-state index in [0.717, 1.165) is 0 Å². The van der Waals surface area contributed by atoms with Crippen LogP contribution in [-0.4, -0.2) is 31.8 Å². The van der Waals surface area contributed by atoms with E-state index in [9.17, 15) is 9.59 Å². The molecule has 0 aliphatic rings. The van der Waals surface area contributed by atoms with Gasteiger partial charge >= 0.3 is 11.9 Å². The van der Waals surface area contributed by atoms with Crippen molar-refractivity contribution < 1.29 is 19.1 Å². The van der Waals surface area contributed by atoms with E-state index in [4.69, 9.17) is 9.47 Å². The summed E-state index contributed by atoms with van der Waals surface area (Å²) in [6.45, 7) is 4.49. The monoisotopic (exact) mass is 342 g/mol. The van der Waals surface area contributed by atoms with Crippen molar-refractivity contribution >= 4 is 23.3 Å². The van der Waals surface area contributed by atoms with Crippen molar-refractivity contribution in [3.8, 4) is 0 Å². The molecule has 25 heavy (non-hydrogen) atoms. The highest BCUT2D eigenvalue weighted by Gasteiger charge is 2.13. The second-order valence-corrected chi connectivity index (χ2v) is 5.06. The van der Waals surface area contributed by atoms with Crippen LogP contribution in [0.5, 0.6) is 0 Å². The molecule has 2 N–H and O–H groups in total. The molecule has 0 aromatic heterocycles. The van der Waals surface area contributed by atoms with E-state index in [1.54, 1.807) is 50.2 Å². The molecule has 2 aromatic rings. The molecular weight excluding hydrogens is 320 g/mol. The normalized spacial score (nSPS) is 10.0. The van der Waals surface area contributed by atoms with Crippen molar-refractivity contribution in [3.63, 3.8) is 0 Å². The lowest BCUT2D eigenvalue weighted by Crippen LogP contribution is -2.17. The van der Waals surface area contributed by atoms with Crippen LogP contribution in [0.2, 0.25) is 0 Å². The van der Waals surface area contributed by atoms with Gasteiger partial charge in [-0.15, -0.1) is 0 Å². The average Bonchev–Trinajstić information content (AvgIpc) is 2.63. The number of para-hydroxylation sites is 2. The van der Waals surface area contributed by atoms with Crippen molar-refractivity contribution in [2.45, 2.75) is 13.8 Å². The van der Waals surface area contributed by atoms with E-state index in [1.165, 1.54) is 0 Å². The molecule has 6 heteroatoms. The zero-order chi connectivity index (χ0) is 18.1. The summed E-state index contributed by atoms with van der Waals surface area (Å²) in [5.41, 5.74) is 2.23. The summed E-state index contributed by atoms with van der Waals surface area (Å²) in [6, 6.07) is 14.2. The fourth-order valence-electron chi connectivity index (χ4n) is 2.28. The van der Waals surface area contributed by atoms with Crippen LogP contribution >= 0.6 is 0 Å². The van der Waals surface area contributed by atoms with Gasteiger partial charge in [-0.2, -0.15) is 0 Å². The Morgan fingerprint density at radius 1 is 0.760 bits per heavy atom. The molecule has 0 heterocycles. The highest BCUT2D eigenvalue weighted by Crippen LogP contribution is 2.18. The Morgan fingerprint density at radius 3 is 1.56 bits per heavy atom. The third-order valence-electron chi connectivity index (χ3n) is 3.40. The van der Waals surface area contributed by atoms with E-state index >= 15 is 0 Å². The zero-order valence-electron chi connectivity index (χ0n) is 14.4. The third kappa shape index (κ3) is 4.97. The van der Waals surface area contributed by atoms with E-state index in [1.807, 2.05) is 12.1 Å². The molecule has 0 spiro atoms. The van der Waals surface area contributed by atoms with E-state index < -0.39 is 0 Å². The fourth-order valence-corrected chi connectivity index (χ4v) is 2.28. The van der Waals surface area contributed by atoms with Crippen LogP contribution in [0.25, 0.3) is 0 Å². The molecule has 2 rings (SSSR count). The van der Waals surface area contributed by atoms with Crippen LogP contribution in [0.15, 0.2) is 48.5 Å². The molecule has 0 aliphatic carbocycles. The SMILES string of the molecule is CCOC(=O)c1ccccc1NCNc1ccccc1C(=O)OCC. The van der Waals surface area contributed by atoms with Gasteiger partial charge in [-0.05, 0) is 38.1 Å². The van der Waals surface area contributed by atoms with Crippen molar-refractivity contribution in [2.75, 3.05) is 30.5 Å². The van der Waals surface area contributed by atoms with Gasteiger partial charge in [0.05, 0.1) is 42.4 Å². The minimum atomic E-state index is -0.377. The topological polar surface area (TPSA) is 76.7 Å². The fraction of sp³-hybridized carbons (Fsp3) is 0.263. The quantitative estimate of drug-likeness (QED) is 0.565. The lowest BCUT2D eigenvalue weighted by molar-refractivity contribution is 0.0518. The largest absolute Gasteiger partial charge is 0.462 e. The summed E-state index contributed by atoms with van der Waals surface area (Å²) in [5, 5.41) is 6.27. The van der Waals surface area contributed by atoms with Crippen LogP contribution in [-0.2, 0) is 9.47 Å². The lowest BCUT2D eigenvalue weighted by atomic mass is 10.1. The van der Waals surface area contributed by atoms with Gasteiger partial charge in [-0.25, -0.2) is 9.59 Å². The van der Waals surface area contributed by atoms with Crippen LogP contribution < -0.4 is 10.6 Å². The maximum Gasteiger partial charge on any atom is 0.340 e. The summed E-state index contributed by atoms with van der Waals surface area (Å²) >= 11 is 0. The smallest absolute Gasteiger partial charge is 0.340 e. The number of rotatable bonds is 8. The second-order valence-electron chi connectivity index (χ2n) is 5.06. The predicted molar refractivity (Wildman–Crippen MR) is 96.9 cm³/mol. The molecule has 0 amide bonds. The molecule has 0 radical (unpaired) electrons. The van der Waals surface area contributed by atoms with Gasteiger partial charge in [-0.3, -0.25) is 0 Å². The van der Waals surface area contributed by atoms with Crippen LogP contribution in [0, 0.1) is 0 Å². The van der Waals surface area contributed by atoms with E-state index in [2.05, 4.69) is 10.6 Å². The molecule has 132 valence electrons. The Balaban J connectivity index is 2.05. The van der Waals surface area contributed by atoms with E-state index in [0.29, 0.717) is 42.4 Å². The molecule has 2 aromatic carbocycles. The van der Waals surface area contributed by atoms with Gasteiger partial charge in [0.1, 0.15) is 0 Å². The summed E-state index contributed by atoms with van der Waals surface area (Å²) in [4.78, 5) is 23.9. The van der Waals surface area contributed by atoms with Gasteiger partial charge in [0.25, 0.3) is 0 Å². The number of nitrogens with one attached hydrogen (secondary N) is 2. The molecule has 0 fully saturated rings. The number of hydrogen-bond donors (Lipinski definition) is 2.